The molecule has 0 amide bonds. The number of para-hydroxylation sites is 1. The molecule has 2 aromatic rings. The summed E-state index contributed by atoms with van der Waals surface area (Å²) < 4.78 is 5.04. The predicted octanol–water partition coefficient (Wildman–Crippen LogP) is 1.81. The molecule has 0 saturated carbocycles. The monoisotopic (exact) mass is 190 g/mol. The number of benzene rings is 1. The van der Waals surface area contributed by atoms with Gasteiger partial charge in [0.25, 0.3) is 0 Å². The van der Waals surface area contributed by atoms with E-state index in [-0.39, 0.29) is 6.04 Å². The number of hydrogen-bond acceptors (Lipinski definition) is 2. The lowest BCUT2D eigenvalue weighted by atomic mass is 10.1. The third kappa shape index (κ3) is 1.52. The molecule has 0 spiro atoms. The predicted molar refractivity (Wildman–Crippen MR) is 57.1 cm³/mol. The summed E-state index contributed by atoms with van der Waals surface area (Å²) in [6.07, 6.45) is 1.92. The lowest BCUT2D eigenvalue weighted by Gasteiger charge is -2.11. The van der Waals surface area contributed by atoms with E-state index in [1.807, 2.05) is 24.4 Å². The largest absolute Gasteiger partial charge is 0.383 e. The average Bonchev–Trinajstić information content (AvgIpc) is 2.65. The van der Waals surface area contributed by atoms with E-state index in [2.05, 4.69) is 11.1 Å². The summed E-state index contributed by atoms with van der Waals surface area (Å²) >= 11 is 0. The highest BCUT2D eigenvalue weighted by Crippen LogP contribution is 2.21. The molecule has 0 aliphatic carbocycles. The standard InChI is InChI=1S/C11H14N2O/c1-14-7-10(12)9-4-2-3-8-5-6-13-11(8)9/h2-6,10,13H,7,12H2,1H3. The molecular formula is C11H14N2O. The molecule has 0 bridgehead atoms. The molecule has 3 nitrogen and oxygen atoms in total. The Morgan fingerprint density at radius 2 is 2.29 bits per heavy atom. The molecule has 1 aromatic carbocycles. The van der Waals surface area contributed by atoms with Crippen molar-refractivity contribution in [1.29, 1.82) is 0 Å². The second kappa shape index (κ2) is 3.82. The average molecular weight is 190 g/mol. The number of ether oxygens (including phenoxy) is 1. The van der Waals surface area contributed by atoms with Gasteiger partial charge in [-0.1, -0.05) is 18.2 Å². The highest BCUT2D eigenvalue weighted by Gasteiger charge is 2.09. The summed E-state index contributed by atoms with van der Waals surface area (Å²) in [5.74, 6) is 0. The molecule has 0 aliphatic heterocycles. The summed E-state index contributed by atoms with van der Waals surface area (Å²) in [5, 5.41) is 1.19. The maximum absolute atomic E-state index is 5.99. The number of nitrogens with two attached hydrogens (primary N) is 1. The Kier molecular flexibility index (Phi) is 2.52. The quantitative estimate of drug-likeness (QED) is 0.775. The number of aromatic amines is 1. The minimum Gasteiger partial charge on any atom is -0.383 e. The van der Waals surface area contributed by atoms with Crippen LogP contribution < -0.4 is 5.73 Å². The van der Waals surface area contributed by atoms with Gasteiger partial charge >= 0.3 is 0 Å². The fourth-order valence-electron chi connectivity index (χ4n) is 1.69. The number of fused-ring (bicyclic) bond motifs is 1. The number of nitrogens with one attached hydrogen (secondary N) is 1. The SMILES string of the molecule is COCC(N)c1cccc2cc[nH]c12. The van der Waals surface area contributed by atoms with Crippen molar-refractivity contribution in [2.24, 2.45) is 5.73 Å². The van der Waals surface area contributed by atoms with Gasteiger partial charge in [0.2, 0.25) is 0 Å². The number of aromatic nitrogens is 1. The summed E-state index contributed by atoms with van der Waals surface area (Å²) in [4.78, 5) is 3.19. The molecule has 0 fully saturated rings. The van der Waals surface area contributed by atoms with E-state index in [1.165, 1.54) is 5.39 Å². The first-order valence-corrected chi connectivity index (χ1v) is 4.63. The van der Waals surface area contributed by atoms with Crippen molar-refractivity contribution in [3.8, 4) is 0 Å². The highest BCUT2D eigenvalue weighted by atomic mass is 16.5. The number of hydrogen-bond donors (Lipinski definition) is 2. The van der Waals surface area contributed by atoms with Crippen LogP contribution in [0.2, 0.25) is 0 Å². The van der Waals surface area contributed by atoms with E-state index in [0.29, 0.717) is 6.61 Å². The van der Waals surface area contributed by atoms with Gasteiger partial charge in [0.1, 0.15) is 0 Å². The first-order valence-electron chi connectivity index (χ1n) is 4.63. The Morgan fingerprint density at radius 3 is 3.07 bits per heavy atom. The molecule has 0 radical (unpaired) electrons. The van der Waals surface area contributed by atoms with Crippen molar-refractivity contribution in [3.63, 3.8) is 0 Å². The second-order valence-electron chi connectivity index (χ2n) is 3.35. The fraction of sp³-hybridized carbons (Fsp3) is 0.273. The van der Waals surface area contributed by atoms with Crippen LogP contribution in [0.5, 0.6) is 0 Å². The van der Waals surface area contributed by atoms with Gasteiger partial charge in [-0.2, -0.15) is 0 Å². The van der Waals surface area contributed by atoms with Gasteiger partial charge in [-0.25, -0.2) is 0 Å². The molecule has 1 unspecified atom stereocenters. The Hall–Kier alpha value is -1.32. The molecule has 1 heterocycles. The van der Waals surface area contributed by atoms with E-state index in [4.69, 9.17) is 10.5 Å². The molecule has 1 aromatic heterocycles. The van der Waals surface area contributed by atoms with Crippen molar-refractivity contribution in [3.05, 3.63) is 36.0 Å². The zero-order valence-electron chi connectivity index (χ0n) is 8.16. The Labute approximate surface area is 82.9 Å². The van der Waals surface area contributed by atoms with Gasteiger partial charge in [-0.3, -0.25) is 0 Å². The van der Waals surface area contributed by atoms with Gasteiger partial charge in [0, 0.05) is 13.3 Å². The van der Waals surface area contributed by atoms with Crippen molar-refractivity contribution in [2.75, 3.05) is 13.7 Å². The minimum atomic E-state index is -0.0673. The summed E-state index contributed by atoms with van der Waals surface area (Å²) in [6.45, 7) is 0.540. The van der Waals surface area contributed by atoms with E-state index in [0.717, 1.165) is 11.1 Å². The van der Waals surface area contributed by atoms with Crippen LogP contribution in [0.1, 0.15) is 11.6 Å². The van der Waals surface area contributed by atoms with Gasteiger partial charge in [0.05, 0.1) is 18.2 Å². The van der Waals surface area contributed by atoms with Crippen LogP contribution in [-0.4, -0.2) is 18.7 Å². The van der Waals surface area contributed by atoms with Crippen LogP contribution in [0.4, 0.5) is 0 Å². The molecule has 0 aliphatic rings. The summed E-state index contributed by atoms with van der Waals surface area (Å²) in [7, 11) is 1.66. The molecule has 14 heavy (non-hydrogen) atoms. The topological polar surface area (TPSA) is 51.0 Å². The fourth-order valence-corrected chi connectivity index (χ4v) is 1.69. The molecule has 3 heteroatoms. The first kappa shape index (κ1) is 9.24. The van der Waals surface area contributed by atoms with E-state index < -0.39 is 0 Å². The highest BCUT2D eigenvalue weighted by molar-refractivity contribution is 5.82. The number of H-pyrrole nitrogens is 1. The zero-order valence-corrected chi connectivity index (χ0v) is 8.16. The van der Waals surface area contributed by atoms with E-state index >= 15 is 0 Å². The summed E-state index contributed by atoms with van der Waals surface area (Å²) in [6, 6.07) is 8.08. The van der Waals surface area contributed by atoms with Crippen LogP contribution in [0, 0.1) is 0 Å². The first-order chi connectivity index (χ1) is 6.83. The Bertz CT molecular complexity index is 422. The van der Waals surface area contributed by atoms with Crippen molar-refractivity contribution in [2.45, 2.75) is 6.04 Å². The molecule has 2 rings (SSSR count). The van der Waals surface area contributed by atoms with E-state index in [1.54, 1.807) is 7.11 Å². The zero-order chi connectivity index (χ0) is 9.97. The van der Waals surface area contributed by atoms with Crippen molar-refractivity contribution in [1.82, 2.24) is 4.98 Å². The third-order valence-corrected chi connectivity index (χ3v) is 2.37. The van der Waals surface area contributed by atoms with Crippen molar-refractivity contribution >= 4 is 10.9 Å². The van der Waals surface area contributed by atoms with Gasteiger partial charge in [-0.15, -0.1) is 0 Å². The maximum atomic E-state index is 5.99. The molecule has 1 atom stereocenters. The minimum absolute atomic E-state index is 0.0673. The van der Waals surface area contributed by atoms with Crippen LogP contribution in [0.3, 0.4) is 0 Å². The number of methoxy groups -OCH3 is 1. The van der Waals surface area contributed by atoms with Gasteiger partial charge < -0.3 is 15.5 Å². The number of rotatable bonds is 3. The molecule has 0 saturated heterocycles. The van der Waals surface area contributed by atoms with Gasteiger partial charge in [0.15, 0.2) is 0 Å². The summed E-state index contributed by atoms with van der Waals surface area (Å²) in [5.41, 5.74) is 8.20. The van der Waals surface area contributed by atoms with Crippen LogP contribution in [0.25, 0.3) is 10.9 Å². The maximum Gasteiger partial charge on any atom is 0.0656 e. The van der Waals surface area contributed by atoms with Crippen LogP contribution >= 0.6 is 0 Å². The molecule has 74 valence electrons. The molecule has 3 N–H and O–H groups in total. The Morgan fingerprint density at radius 1 is 1.43 bits per heavy atom. The third-order valence-electron chi connectivity index (χ3n) is 2.37. The normalized spacial score (nSPS) is 13.3. The van der Waals surface area contributed by atoms with Crippen LogP contribution in [-0.2, 0) is 4.74 Å². The lowest BCUT2D eigenvalue weighted by molar-refractivity contribution is 0.181. The van der Waals surface area contributed by atoms with Crippen molar-refractivity contribution < 1.29 is 4.74 Å². The smallest absolute Gasteiger partial charge is 0.0656 e. The van der Waals surface area contributed by atoms with E-state index in [9.17, 15) is 0 Å². The Balaban J connectivity index is 2.45. The van der Waals surface area contributed by atoms with Crippen LogP contribution in [0.15, 0.2) is 30.5 Å². The molecular weight excluding hydrogens is 176 g/mol. The second-order valence-corrected chi connectivity index (χ2v) is 3.35. The lowest BCUT2D eigenvalue weighted by Crippen LogP contribution is -2.16. The van der Waals surface area contributed by atoms with Gasteiger partial charge in [-0.05, 0) is 17.0 Å².